The standard InChI is InChI=1S/C49H63FN10O3/c1-31-21-40-39-7-5-6-8-41(39)53-44(40)45(60(31)30-49(2,3)50)35-23-51-48(52-24-35)58-19-15-32(16-20-58)25-55(4)37-28-56(29-37)26-33-13-17-57(18-14-33)36-9-10-38-34(22-36)27-59(47(38)63)42-11-12-43(61)54-46(42)62/h5-10,22-24,31-33,37,42,45,53H,11-21,25-30H2,1-4H3,(H,54,61,62)/t31-,42?,45-/m1/s1. The SMILES string of the molecule is C[C@@H]1Cc2c([nH]c3ccccc23)[C@@H](c2cnc(N3CCC(CN(C)C4CN(CC5CCN(c6ccc7c(c6)CN(C6CCC(=O)NC6=O)C7=O)CC5)C4)CC3)nc2)N1CC(C)(C)F. The van der Waals surface area contributed by atoms with E-state index in [1.54, 1.807) is 18.7 Å². The number of alkyl halides is 1. The maximum atomic E-state index is 15.2. The first-order valence-electron chi connectivity index (χ1n) is 23.4. The van der Waals surface area contributed by atoms with Crippen LogP contribution in [-0.4, -0.2) is 142 Å². The molecule has 0 bridgehead atoms. The molecule has 2 N–H and O–H groups in total. The third kappa shape index (κ3) is 8.46. The van der Waals surface area contributed by atoms with E-state index in [9.17, 15) is 14.4 Å². The van der Waals surface area contributed by atoms with E-state index in [0.29, 0.717) is 43.0 Å². The number of amides is 3. The minimum absolute atomic E-state index is 0.119. The summed E-state index contributed by atoms with van der Waals surface area (Å²) in [7, 11) is 2.31. The van der Waals surface area contributed by atoms with Crippen molar-refractivity contribution in [3.05, 3.63) is 82.8 Å². The van der Waals surface area contributed by atoms with E-state index < -0.39 is 11.7 Å². The van der Waals surface area contributed by atoms with Gasteiger partial charge in [0.1, 0.15) is 11.7 Å². The quantitative estimate of drug-likeness (QED) is 0.186. The molecule has 6 aliphatic rings. The van der Waals surface area contributed by atoms with Gasteiger partial charge in [-0.3, -0.25) is 29.5 Å². The Kier molecular flexibility index (Phi) is 11.3. The van der Waals surface area contributed by atoms with Gasteiger partial charge in [-0.25, -0.2) is 14.4 Å². The molecule has 1 unspecified atom stereocenters. The van der Waals surface area contributed by atoms with Crippen molar-refractivity contribution in [1.29, 1.82) is 0 Å². The molecule has 0 radical (unpaired) electrons. The number of carbonyl (C=O) groups is 3. The third-order valence-corrected chi connectivity index (χ3v) is 15.1. The number of rotatable bonds is 11. The zero-order chi connectivity index (χ0) is 43.6. The number of para-hydroxylation sites is 1. The van der Waals surface area contributed by atoms with E-state index >= 15 is 4.39 Å². The highest BCUT2D eigenvalue weighted by Crippen LogP contribution is 2.42. The molecule has 0 aliphatic carbocycles. The number of likely N-dealkylation sites (N-methyl/N-ethyl adjacent to an activating group) is 1. The number of benzene rings is 2. The van der Waals surface area contributed by atoms with Gasteiger partial charge in [0.2, 0.25) is 17.8 Å². The van der Waals surface area contributed by atoms with Gasteiger partial charge in [-0.15, -0.1) is 0 Å². The largest absolute Gasteiger partial charge is 0.372 e. The Bertz CT molecular complexity index is 2340. The Morgan fingerprint density at radius 1 is 0.905 bits per heavy atom. The number of carbonyl (C=O) groups excluding carboxylic acids is 3. The molecule has 334 valence electrons. The number of imide groups is 1. The molecule has 0 spiro atoms. The summed E-state index contributed by atoms with van der Waals surface area (Å²) in [5.74, 6) is 1.37. The van der Waals surface area contributed by atoms with Crippen LogP contribution >= 0.6 is 0 Å². The van der Waals surface area contributed by atoms with E-state index in [2.05, 4.69) is 85.2 Å². The molecule has 10 rings (SSSR count). The van der Waals surface area contributed by atoms with Crippen molar-refractivity contribution in [1.82, 2.24) is 39.9 Å². The number of likely N-dealkylation sites (tertiary alicyclic amines) is 1. The van der Waals surface area contributed by atoms with Crippen LogP contribution in [-0.2, 0) is 22.6 Å². The van der Waals surface area contributed by atoms with Gasteiger partial charge in [-0.2, -0.15) is 0 Å². The van der Waals surface area contributed by atoms with Crippen LogP contribution in [0.3, 0.4) is 0 Å². The molecule has 4 saturated heterocycles. The number of fused-ring (bicyclic) bond motifs is 4. The maximum absolute atomic E-state index is 15.2. The molecular weight excluding hydrogens is 796 g/mol. The van der Waals surface area contributed by atoms with Crippen molar-refractivity contribution in [3.8, 4) is 0 Å². The topological polar surface area (TPSA) is 124 Å². The fraction of sp³-hybridized carbons (Fsp3) is 0.571. The molecule has 3 amide bonds. The number of nitrogens with zero attached hydrogens (tertiary/aromatic N) is 8. The normalized spacial score (nSPS) is 24.6. The molecule has 4 fully saturated rings. The molecule has 2 aromatic carbocycles. The lowest BCUT2D eigenvalue weighted by atomic mass is 9.88. The number of halogens is 1. The molecule has 2 aromatic heterocycles. The summed E-state index contributed by atoms with van der Waals surface area (Å²) in [5.41, 5.74) is 6.01. The molecule has 3 atom stereocenters. The second kappa shape index (κ2) is 16.9. The van der Waals surface area contributed by atoms with Crippen molar-refractivity contribution >= 4 is 40.3 Å². The lowest BCUT2D eigenvalue weighted by molar-refractivity contribution is -0.136. The number of nitrogens with one attached hydrogen (secondary N) is 2. The van der Waals surface area contributed by atoms with Crippen LogP contribution in [0.25, 0.3) is 10.9 Å². The second-order valence-electron chi connectivity index (χ2n) is 20.1. The molecule has 4 aromatic rings. The Labute approximate surface area is 370 Å². The molecule has 14 heteroatoms. The van der Waals surface area contributed by atoms with Crippen molar-refractivity contribution < 1.29 is 18.8 Å². The number of piperidine rings is 3. The average Bonchev–Trinajstić information content (AvgIpc) is 3.78. The van der Waals surface area contributed by atoms with Crippen molar-refractivity contribution in [2.45, 2.75) is 102 Å². The summed E-state index contributed by atoms with van der Waals surface area (Å²) in [5, 5.41) is 3.64. The predicted molar refractivity (Wildman–Crippen MR) is 242 cm³/mol. The van der Waals surface area contributed by atoms with Gasteiger partial charge in [-0.1, -0.05) is 18.2 Å². The molecule has 13 nitrogen and oxygen atoms in total. The van der Waals surface area contributed by atoms with Gasteiger partial charge in [0, 0.05) is 130 Å². The number of anilines is 2. The van der Waals surface area contributed by atoms with Gasteiger partial charge < -0.3 is 24.6 Å². The summed E-state index contributed by atoms with van der Waals surface area (Å²) in [6.07, 6.45) is 10.0. The predicted octanol–water partition coefficient (Wildman–Crippen LogP) is 5.55. The smallest absolute Gasteiger partial charge is 0.255 e. The molecular formula is C49H63FN10O3. The fourth-order valence-electron chi connectivity index (χ4n) is 11.5. The second-order valence-corrected chi connectivity index (χ2v) is 20.1. The first-order chi connectivity index (χ1) is 30.3. The van der Waals surface area contributed by atoms with Gasteiger partial charge in [0.15, 0.2) is 0 Å². The summed E-state index contributed by atoms with van der Waals surface area (Å²) >= 11 is 0. The first kappa shape index (κ1) is 42.1. The Morgan fingerprint density at radius 2 is 1.62 bits per heavy atom. The lowest BCUT2D eigenvalue weighted by Gasteiger charge is -2.47. The van der Waals surface area contributed by atoms with Crippen LogP contribution in [0.4, 0.5) is 16.0 Å². The number of hydrogen-bond acceptors (Lipinski definition) is 10. The highest BCUT2D eigenvalue weighted by molar-refractivity contribution is 6.05. The van der Waals surface area contributed by atoms with E-state index in [1.807, 2.05) is 18.5 Å². The maximum Gasteiger partial charge on any atom is 0.255 e. The van der Waals surface area contributed by atoms with Crippen LogP contribution in [0.2, 0.25) is 0 Å². The summed E-state index contributed by atoms with van der Waals surface area (Å²) in [6.45, 7) is 14.7. The number of hydrogen-bond donors (Lipinski definition) is 2. The van der Waals surface area contributed by atoms with E-state index in [1.165, 1.54) is 10.9 Å². The fourth-order valence-corrected chi connectivity index (χ4v) is 11.5. The van der Waals surface area contributed by atoms with Crippen LogP contribution in [0.5, 0.6) is 0 Å². The van der Waals surface area contributed by atoms with Gasteiger partial charge >= 0.3 is 0 Å². The summed E-state index contributed by atoms with van der Waals surface area (Å²) < 4.78 is 15.2. The van der Waals surface area contributed by atoms with Crippen molar-refractivity contribution in [2.24, 2.45) is 11.8 Å². The molecule has 6 aliphatic heterocycles. The van der Waals surface area contributed by atoms with E-state index in [-0.39, 0.29) is 36.2 Å². The number of aromatic nitrogens is 3. The Balaban J connectivity index is 0.671. The van der Waals surface area contributed by atoms with Crippen LogP contribution in [0.1, 0.15) is 98.1 Å². The van der Waals surface area contributed by atoms with E-state index in [4.69, 9.17) is 9.97 Å². The zero-order valence-electron chi connectivity index (χ0n) is 37.4. The monoisotopic (exact) mass is 859 g/mol. The van der Waals surface area contributed by atoms with Gasteiger partial charge in [0.05, 0.1) is 6.04 Å². The molecule has 63 heavy (non-hydrogen) atoms. The van der Waals surface area contributed by atoms with Crippen molar-refractivity contribution in [3.63, 3.8) is 0 Å². The Hall–Kier alpha value is -4.92. The average molecular weight is 859 g/mol. The van der Waals surface area contributed by atoms with Gasteiger partial charge in [0.25, 0.3) is 5.91 Å². The van der Waals surface area contributed by atoms with Crippen LogP contribution < -0.4 is 15.1 Å². The summed E-state index contributed by atoms with van der Waals surface area (Å²) in [6, 6.07) is 14.6. The summed E-state index contributed by atoms with van der Waals surface area (Å²) in [4.78, 5) is 64.8. The third-order valence-electron chi connectivity index (χ3n) is 15.1. The highest BCUT2D eigenvalue weighted by atomic mass is 19.1. The van der Waals surface area contributed by atoms with Crippen LogP contribution in [0.15, 0.2) is 54.9 Å². The van der Waals surface area contributed by atoms with Crippen molar-refractivity contribution in [2.75, 3.05) is 75.8 Å². The number of aromatic amines is 1. The van der Waals surface area contributed by atoms with Gasteiger partial charge in [-0.05, 0) is 114 Å². The Morgan fingerprint density at radius 3 is 2.35 bits per heavy atom. The number of H-pyrrole nitrogens is 1. The molecule has 8 heterocycles. The minimum Gasteiger partial charge on any atom is -0.372 e. The zero-order valence-corrected chi connectivity index (χ0v) is 37.4. The molecule has 0 saturated carbocycles. The highest BCUT2D eigenvalue weighted by Gasteiger charge is 2.41. The lowest BCUT2D eigenvalue weighted by Crippen LogP contribution is -2.60. The first-order valence-corrected chi connectivity index (χ1v) is 23.4. The van der Waals surface area contributed by atoms with Crippen LogP contribution in [0, 0.1) is 11.8 Å². The minimum atomic E-state index is -1.33. The van der Waals surface area contributed by atoms with E-state index in [0.717, 1.165) is 118 Å².